The smallest absolute Gasteiger partial charge is 0.340 e. The second-order valence-electron chi connectivity index (χ2n) is 9.49. The van der Waals surface area contributed by atoms with Crippen molar-refractivity contribution in [2.75, 3.05) is 16.9 Å². The lowest BCUT2D eigenvalue weighted by Crippen LogP contribution is -2.39. The number of carbonyl (C=O) groups is 2. The molecular weight excluding hydrogens is 611 g/mol. The van der Waals surface area contributed by atoms with Gasteiger partial charge in [-0.3, -0.25) is 19.7 Å². The van der Waals surface area contributed by atoms with Crippen LogP contribution in [0, 0.1) is 16.0 Å². The average Bonchev–Trinajstić information content (AvgIpc) is 3.71. The van der Waals surface area contributed by atoms with E-state index in [2.05, 4.69) is 20.7 Å². The number of nitro benzene ring substituents is 1. The molecule has 2 N–H and O–H groups in total. The van der Waals surface area contributed by atoms with Gasteiger partial charge < -0.3 is 14.8 Å². The van der Waals surface area contributed by atoms with Crippen molar-refractivity contribution >= 4 is 68.2 Å². The Balaban J connectivity index is 1.41. The van der Waals surface area contributed by atoms with Crippen LogP contribution in [0.5, 0.6) is 0 Å². The molecule has 1 fully saturated rings. The number of amides is 2. The summed E-state index contributed by atoms with van der Waals surface area (Å²) in [5, 5.41) is 22.3. The van der Waals surface area contributed by atoms with Crippen LogP contribution < -0.4 is 15.6 Å². The number of nitrogens with one attached hydrogen (secondary N) is 2. The van der Waals surface area contributed by atoms with Crippen molar-refractivity contribution in [1.82, 2.24) is 10.3 Å². The number of non-ortho nitro benzene ring substituents is 1. The predicted molar refractivity (Wildman–Crippen MR) is 154 cm³/mol. The number of halogens is 2. The first-order valence-electron chi connectivity index (χ1n) is 12.6. The van der Waals surface area contributed by atoms with Crippen LogP contribution in [0.3, 0.4) is 0 Å². The van der Waals surface area contributed by atoms with Gasteiger partial charge in [0, 0.05) is 29.9 Å². The standard InChI is InChI=1S/C26H22Cl2N6O7S/c27-16-8-9-21(19(11-16)25(35)30-14-15-6-7-15)31-26(36)22-13-23(32-33(22)24-20(28)5-2-10-29-24)41-42(39,40)18-4-1-3-17(12-18)34(37)38/h1-5,8-12,15,22H,6-7,13-14H2,(H,30,35)(H,31,36). The molecule has 1 aliphatic carbocycles. The summed E-state index contributed by atoms with van der Waals surface area (Å²) in [5.41, 5.74) is -0.141. The average molecular weight is 633 g/mol. The molecule has 2 amide bonds. The lowest BCUT2D eigenvalue weighted by Gasteiger charge is -2.22. The van der Waals surface area contributed by atoms with E-state index in [-0.39, 0.29) is 39.4 Å². The van der Waals surface area contributed by atoms with Gasteiger partial charge in [-0.05, 0) is 55.2 Å². The second kappa shape index (κ2) is 11.9. The first-order chi connectivity index (χ1) is 20.0. The highest BCUT2D eigenvalue weighted by molar-refractivity contribution is 7.87. The predicted octanol–water partition coefficient (Wildman–Crippen LogP) is 4.37. The summed E-state index contributed by atoms with van der Waals surface area (Å²) in [6, 6.07) is 10.6. The lowest BCUT2D eigenvalue weighted by molar-refractivity contribution is -0.385. The van der Waals surface area contributed by atoms with Gasteiger partial charge in [0.1, 0.15) is 10.9 Å². The summed E-state index contributed by atoms with van der Waals surface area (Å²) in [7, 11) is -4.57. The van der Waals surface area contributed by atoms with Crippen molar-refractivity contribution in [2.24, 2.45) is 11.0 Å². The second-order valence-corrected chi connectivity index (χ2v) is 11.9. The van der Waals surface area contributed by atoms with E-state index < -0.39 is 43.5 Å². The van der Waals surface area contributed by atoms with E-state index >= 15 is 0 Å². The van der Waals surface area contributed by atoms with Gasteiger partial charge in [0.15, 0.2) is 5.82 Å². The Labute approximate surface area is 249 Å². The minimum Gasteiger partial charge on any atom is -0.361 e. The number of nitro groups is 1. The van der Waals surface area contributed by atoms with Crippen molar-refractivity contribution in [2.45, 2.75) is 30.2 Å². The van der Waals surface area contributed by atoms with Crippen molar-refractivity contribution in [3.05, 3.63) is 86.5 Å². The van der Waals surface area contributed by atoms with Crippen molar-refractivity contribution in [3.8, 4) is 0 Å². The van der Waals surface area contributed by atoms with Gasteiger partial charge in [-0.15, -0.1) is 5.10 Å². The normalized spacial score (nSPS) is 16.5. The van der Waals surface area contributed by atoms with Gasteiger partial charge in [0.25, 0.3) is 11.6 Å². The molecule has 1 aliphatic heterocycles. The van der Waals surface area contributed by atoms with E-state index in [1.165, 1.54) is 36.5 Å². The number of carbonyl (C=O) groups excluding carboxylic acids is 2. The quantitative estimate of drug-likeness (QED) is 0.197. The number of hydrogen-bond acceptors (Lipinski definition) is 10. The molecular formula is C26H22Cl2N6O7S. The zero-order chi connectivity index (χ0) is 30.0. The van der Waals surface area contributed by atoms with Crippen molar-refractivity contribution < 1.29 is 27.1 Å². The highest BCUT2D eigenvalue weighted by Gasteiger charge is 2.39. The van der Waals surface area contributed by atoms with Gasteiger partial charge >= 0.3 is 10.1 Å². The van der Waals surface area contributed by atoms with Gasteiger partial charge in [-0.25, -0.2) is 9.99 Å². The molecule has 1 saturated carbocycles. The molecule has 5 rings (SSSR count). The fraction of sp³-hybridized carbons (Fsp3) is 0.231. The summed E-state index contributed by atoms with van der Waals surface area (Å²) in [6.45, 7) is 0.501. The summed E-state index contributed by atoms with van der Waals surface area (Å²) in [5.74, 6) is -1.01. The number of anilines is 2. The van der Waals surface area contributed by atoms with Crippen LogP contribution >= 0.6 is 23.2 Å². The first-order valence-corrected chi connectivity index (χ1v) is 14.7. The number of hydrazone groups is 1. The van der Waals surface area contributed by atoms with E-state index in [1.54, 1.807) is 6.07 Å². The number of benzene rings is 2. The maximum Gasteiger partial charge on any atom is 0.340 e. The molecule has 42 heavy (non-hydrogen) atoms. The molecule has 0 bridgehead atoms. The molecule has 13 nitrogen and oxygen atoms in total. The molecule has 0 saturated heterocycles. The van der Waals surface area contributed by atoms with E-state index in [0.29, 0.717) is 12.5 Å². The monoisotopic (exact) mass is 632 g/mol. The minimum atomic E-state index is -4.57. The Bertz CT molecular complexity index is 1710. The van der Waals surface area contributed by atoms with Crippen LogP contribution in [0.25, 0.3) is 0 Å². The molecule has 1 aromatic heterocycles. The lowest BCUT2D eigenvalue weighted by atomic mass is 10.1. The van der Waals surface area contributed by atoms with Gasteiger partial charge in [-0.1, -0.05) is 29.3 Å². The van der Waals surface area contributed by atoms with Gasteiger partial charge in [0.2, 0.25) is 11.8 Å². The molecule has 0 spiro atoms. The Kier molecular flexibility index (Phi) is 8.29. The summed E-state index contributed by atoms with van der Waals surface area (Å²) in [6.07, 6.45) is 3.14. The molecule has 3 aromatic rings. The van der Waals surface area contributed by atoms with E-state index in [9.17, 15) is 28.1 Å². The van der Waals surface area contributed by atoms with Gasteiger partial charge in [0.05, 0.1) is 27.6 Å². The molecule has 2 aromatic carbocycles. The van der Waals surface area contributed by atoms with Crippen LogP contribution in [0.4, 0.5) is 17.2 Å². The zero-order valence-corrected chi connectivity index (χ0v) is 23.9. The molecule has 2 heterocycles. The van der Waals surface area contributed by atoms with Crippen LogP contribution in [0.15, 0.2) is 70.8 Å². The highest BCUT2D eigenvalue weighted by atomic mass is 35.5. The third-order valence-electron chi connectivity index (χ3n) is 6.40. The maximum atomic E-state index is 13.6. The largest absolute Gasteiger partial charge is 0.361 e. The highest BCUT2D eigenvalue weighted by Crippen LogP contribution is 2.32. The molecule has 218 valence electrons. The third kappa shape index (κ3) is 6.61. The first kappa shape index (κ1) is 29.2. The van der Waals surface area contributed by atoms with Crippen molar-refractivity contribution in [1.29, 1.82) is 0 Å². The molecule has 0 radical (unpaired) electrons. The Morgan fingerprint density at radius 3 is 2.62 bits per heavy atom. The van der Waals surface area contributed by atoms with E-state index in [4.69, 9.17) is 27.4 Å². The number of aromatic nitrogens is 1. The van der Waals surface area contributed by atoms with E-state index in [1.807, 2.05) is 0 Å². The number of hydrogen-bond donors (Lipinski definition) is 2. The number of rotatable bonds is 9. The Hall–Kier alpha value is -4.27. The third-order valence-corrected chi connectivity index (χ3v) is 8.17. The van der Waals surface area contributed by atoms with Gasteiger partial charge in [-0.2, -0.15) is 8.42 Å². The van der Waals surface area contributed by atoms with Crippen molar-refractivity contribution in [3.63, 3.8) is 0 Å². The minimum absolute atomic E-state index is 0.0455. The Morgan fingerprint density at radius 2 is 1.90 bits per heavy atom. The van der Waals surface area contributed by atoms with Crippen LogP contribution in [-0.2, 0) is 19.1 Å². The summed E-state index contributed by atoms with van der Waals surface area (Å²) in [4.78, 5) is 40.6. The van der Waals surface area contributed by atoms with Crippen LogP contribution in [0.1, 0.15) is 29.6 Å². The number of pyridine rings is 1. The molecule has 16 heteroatoms. The zero-order valence-electron chi connectivity index (χ0n) is 21.6. The summed E-state index contributed by atoms with van der Waals surface area (Å²) < 4.78 is 31.1. The van der Waals surface area contributed by atoms with E-state index in [0.717, 1.165) is 36.0 Å². The van der Waals surface area contributed by atoms with Crippen LogP contribution in [-0.4, -0.2) is 48.6 Å². The topological polar surface area (TPSA) is 173 Å². The fourth-order valence-corrected chi connectivity index (χ4v) is 5.43. The summed E-state index contributed by atoms with van der Waals surface area (Å²) >= 11 is 12.4. The molecule has 1 atom stereocenters. The molecule has 2 aliphatic rings. The fourth-order valence-electron chi connectivity index (χ4n) is 4.09. The van der Waals surface area contributed by atoms with Crippen LogP contribution in [0.2, 0.25) is 10.0 Å². The Morgan fingerprint density at radius 1 is 1.12 bits per heavy atom. The SMILES string of the molecule is O=C(NCC1CC1)c1cc(Cl)ccc1NC(=O)C1CC(OS(=O)(=O)c2cccc([N+](=O)[O-])c2)=NN1c1ncccc1Cl. The molecule has 1 unspecified atom stereocenters. The number of nitrogens with zero attached hydrogens (tertiary/aromatic N) is 4. The maximum absolute atomic E-state index is 13.6.